The van der Waals surface area contributed by atoms with Crippen molar-refractivity contribution in [1.29, 1.82) is 0 Å². The lowest BCUT2D eigenvalue weighted by atomic mass is 10.1. The molecule has 0 amide bonds. The summed E-state index contributed by atoms with van der Waals surface area (Å²) >= 11 is 0. The molecule has 1 aliphatic rings. The summed E-state index contributed by atoms with van der Waals surface area (Å²) in [6.07, 6.45) is 9.44. The Bertz CT molecular complexity index is 935. The van der Waals surface area contributed by atoms with E-state index in [4.69, 9.17) is 5.73 Å². The summed E-state index contributed by atoms with van der Waals surface area (Å²) in [5, 5.41) is 6.24. The number of halogens is 1. The van der Waals surface area contributed by atoms with Crippen molar-refractivity contribution in [2.45, 2.75) is 32.4 Å². The van der Waals surface area contributed by atoms with Gasteiger partial charge >= 0.3 is 0 Å². The summed E-state index contributed by atoms with van der Waals surface area (Å²) in [5.74, 6) is 0.106. The number of benzene rings is 1. The molecule has 0 atom stereocenters. The van der Waals surface area contributed by atoms with Gasteiger partial charge in [0.25, 0.3) is 0 Å². The highest BCUT2D eigenvalue weighted by atomic mass is 19.1. The van der Waals surface area contributed by atoms with Crippen LogP contribution in [0.1, 0.15) is 30.9 Å². The van der Waals surface area contributed by atoms with Crippen molar-refractivity contribution < 1.29 is 4.39 Å². The first kappa shape index (κ1) is 17.1. The highest BCUT2D eigenvalue weighted by Gasteiger charge is 2.21. The Morgan fingerprint density at radius 1 is 1.44 bits per heavy atom. The average molecular weight is 339 g/mol. The van der Waals surface area contributed by atoms with E-state index in [-0.39, 0.29) is 5.82 Å². The summed E-state index contributed by atoms with van der Waals surface area (Å²) in [6.45, 7) is 2.28. The van der Waals surface area contributed by atoms with Crippen LogP contribution in [-0.2, 0) is 6.54 Å². The van der Waals surface area contributed by atoms with E-state index in [9.17, 15) is 4.39 Å². The van der Waals surface area contributed by atoms with Crippen LogP contribution in [0.5, 0.6) is 0 Å². The first-order valence-corrected chi connectivity index (χ1v) is 8.35. The van der Waals surface area contributed by atoms with Crippen LogP contribution < -0.4 is 16.3 Å². The SMILES string of the molecule is C/C=c1\c(=C/C=NC)cnn1Cc1ccc(C(N)=NC2CC2)cc1F. The van der Waals surface area contributed by atoms with E-state index in [1.54, 1.807) is 30.2 Å². The van der Waals surface area contributed by atoms with Crippen LogP contribution in [0.3, 0.4) is 0 Å². The molecule has 3 rings (SSSR count). The fraction of sp³-hybridized carbons (Fsp3) is 0.316. The highest BCUT2D eigenvalue weighted by Crippen LogP contribution is 2.24. The van der Waals surface area contributed by atoms with Crippen LogP contribution in [0.4, 0.5) is 4.39 Å². The summed E-state index contributed by atoms with van der Waals surface area (Å²) in [5.41, 5.74) is 7.14. The third-order valence-corrected chi connectivity index (χ3v) is 4.12. The number of aromatic nitrogens is 2. The molecule has 1 aromatic heterocycles. The zero-order chi connectivity index (χ0) is 17.8. The molecule has 1 aliphatic carbocycles. The molecule has 25 heavy (non-hydrogen) atoms. The van der Waals surface area contributed by atoms with Gasteiger partial charge in [0.1, 0.15) is 11.7 Å². The Morgan fingerprint density at radius 2 is 2.24 bits per heavy atom. The molecule has 0 bridgehead atoms. The van der Waals surface area contributed by atoms with E-state index >= 15 is 0 Å². The molecule has 5 nitrogen and oxygen atoms in total. The van der Waals surface area contributed by atoms with Gasteiger partial charge < -0.3 is 5.73 Å². The number of nitrogens with zero attached hydrogens (tertiary/aromatic N) is 4. The molecule has 1 aromatic carbocycles. The Labute approximate surface area is 146 Å². The minimum absolute atomic E-state index is 0.301. The van der Waals surface area contributed by atoms with Gasteiger partial charge in [-0.15, -0.1) is 0 Å². The zero-order valence-corrected chi connectivity index (χ0v) is 14.5. The number of hydrogen-bond donors (Lipinski definition) is 1. The molecule has 0 unspecified atom stereocenters. The molecule has 0 aliphatic heterocycles. The normalized spacial score (nSPS) is 17.0. The van der Waals surface area contributed by atoms with Gasteiger partial charge in [-0.1, -0.05) is 18.2 Å². The van der Waals surface area contributed by atoms with E-state index in [1.807, 2.05) is 25.1 Å². The Kier molecular flexibility index (Phi) is 5.07. The van der Waals surface area contributed by atoms with Gasteiger partial charge in [-0.2, -0.15) is 5.10 Å². The van der Waals surface area contributed by atoms with Crippen LogP contribution in [0.15, 0.2) is 34.4 Å². The van der Waals surface area contributed by atoms with E-state index < -0.39 is 0 Å². The van der Waals surface area contributed by atoms with E-state index in [2.05, 4.69) is 15.1 Å². The van der Waals surface area contributed by atoms with Crippen molar-refractivity contribution in [3.05, 3.63) is 51.9 Å². The molecule has 6 heteroatoms. The molecular formula is C19H22FN5. The van der Waals surface area contributed by atoms with Gasteiger partial charge in [-0.25, -0.2) is 4.39 Å². The molecule has 2 N–H and O–H groups in total. The fourth-order valence-electron chi connectivity index (χ4n) is 2.61. The maximum Gasteiger partial charge on any atom is 0.129 e. The molecule has 1 saturated carbocycles. The van der Waals surface area contributed by atoms with E-state index in [0.29, 0.717) is 29.5 Å². The third-order valence-electron chi connectivity index (χ3n) is 4.12. The average Bonchev–Trinajstić information content (AvgIpc) is 3.33. The second-order valence-electron chi connectivity index (χ2n) is 6.06. The maximum atomic E-state index is 14.5. The van der Waals surface area contributed by atoms with Crippen molar-refractivity contribution in [2.75, 3.05) is 7.05 Å². The van der Waals surface area contributed by atoms with E-state index in [0.717, 1.165) is 23.4 Å². The van der Waals surface area contributed by atoms with Crippen LogP contribution >= 0.6 is 0 Å². The van der Waals surface area contributed by atoms with E-state index in [1.165, 1.54) is 6.07 Å². The van der Waals surface area contributed by atoms with Gasteiger partial charge in [0.2, 0.25) is 0 Å². The number of rotatable bonds is 5. The molecule has 1 fully saturated rings. The zero-order valence-electron chi connectivity index (χ0n) is 14.5. The van der Waals surface area contributed by atoms with Gasteiger partial charge in [-0.05, 0) is 31.9 Å². The van der Waals surface area contributed by atoms with Crippen molar-refractivity contribution in [3.8, 4) is 0 Å². The first-order chi connectivity index (χ1) is 12.1. The standard InChI is InChI=1S/C19H22FN5/c1-3-18-14(8-9-22-2)11-23-25(18)12-15-5-4-13(10-17(15)20)19(21)24-16-6-7-16/h3-5,8-11,16H,6-7,12H2,1-2H3,(H2,21,24)/b14-8-,18-3+,22-9?. The molecular weight excluding hydrogens is 317 g/mol. The predicted molar refractivity (Wildman–Crippen MR) is 99.7 cm³/mol. The topological polar surface area (TPSA) is 68.6 Å². The van der Waals surface area contributed by atoms with Crippen LogP contribution in [0.2, 0.25) is 0 Å². The minimum atomic E-state index is -0.301. The lowest BCUT2D eigenvalue weighted by Gasteiger charge is -2.07. The Morgan fingerprint density at radius 3 is 2.88 bits per heavy atom. The van der Waals surface area contributed by atoms with Crippen molar-refractivity contribution >= 4 is 24.2 Å². The van der Waals surface area contributed by atoms with Gasteiger partial charge in [0.05, 0.1) is 24.1 Å². The van der Waals surface area contributed by atoms with Gasteiger partial charge in [-0.3, -0.25) is 14.7 Å². The van der Waals surface area contributed by atoms with Crippen molar-refractivity contribution in [1.82, 2.24) is 9.78 Å². The van der Waals surface area contributed by atoms with Crippen molar-refractivity contribution in [3.63, 3.8) is 0 Å². The molecule has 0 radical (unpaired) electrons. The maximum absolute atomic E-state index is 14.5. The minimum Gasteiger partial charge on any atom is -0.383 e. The van der Waals surface area contributed by atoms with Crippen LogP contribution in [-0.4, -0.2) is 34.9 Å². The summed E-state index contributed by atoms with van der Waals surface area (Å²) in [6, 6.07) is 5.33. The van der Waals surface area contributed by atoms with Crippen molar-refractivity contribution in [2.24, 2.45) is 15.7 Å². The monoisotopic (exact) mass is 339 g/mol. The third kappa shape index (κ3) is 4.02. The Balaban J connectivity index is 1.88. The lowest BCUT2D eigenvalue weighted by Crippen LogP contribution is -2.30. The van der Waals surface area contributed by atoms with Gasteiger partial charge in [0.15, 0.2) is 0 Å². The Hall–Kier alpha value is -2.76. The second kappa shape index (κ2) is 7.42. The van der Waals surface area contributed by atoms with Crippen LogP contribution in [0.25, 0.3) is 12.2 Å². The van der Waals surface area contributed by atoms with Crippen LogP contribution in [0, 0.1) is 5.82 Å². The molecule has 130 valence electrons. The molecule has 1 heterocycles. The number of hydrogen-bond acceptors (Lipinski definition) is 3. The summed E-state index contributed by atoms with van der Waals surface area (Å²) in [7, 11) is 1.71. The second-order valence-corrected chi connectivity index (χ2v) is 6.06. The predicted octanol–water partition coefficient (Wildman–Crippen LogP) is 1.22. The summed E-state index contributed by atoms with van der Waals surface area (Å²) < 4.78 is 16.3. The van der Waals surface area contributed by atoms with Gasteiger partial charge in [0, 0.05) is 29.6 Å². The fourth-order valence-corrected chi connectivity index (χ4v) is 2.61. The molecule has 2 aromatic rings. The number of nitrogens with two attached hydrogens (primary N) is 1. The quantitative estimate of drug-likeness (QED) is 0.657. The first-order valence-electron chi connectivity index (χ1n) is 8.35. The largest absolute Gasteiger partial charge is 0.383 e. The molecule has 0 saturated heterocycles. The highest BCUT2D eigenvalue weighted by molar-refractivity contribution is 5.97. The number of aliphatic imine (C=N–C) groups is 2. The smallest absolute Gasteiger partial charge is 0.129 e. The molecule has 0 spiro atoms. The summed E-state index contributed by atoms with van der Waals surface area (Å²) in [4.78, 5) is 8.31. The lowest BCUT2D eigenvalue weighted by molar-refractivity contribution is 0.579. The number of amidine groups is 1.